The van der Waals surface area contributed by atoms with Crippen LogP contribution >= 0.6 is 0 Å². The van der Waals surface area contributed by atoms with Gasteiger partial charge in [0.25, 0.3) is 0 Å². The summed E-state index contributed by atoms with van der Waals surface area (Å²) in [4.78, 5) is 2.70. The van der Waals surface area contributed by atoms with E-state index in [1.54, 1.807) is 0 Å². The van der Waals surface area contributed by atoms with E-state index in [2.05, 4.69) is 10.2 Å². The zero-order valence-corrected chi connectivity index (χ0v) is 10.2. The van der Waals surface area contributed by atoms with Crippen LogP contribution in [0.2, 0.25) is 0 Å². The standard InChI is InChI=1S/C13H24N2O/c1-2-4-12-11(3-1)13(5-6-14-12)15-7-9-16-10-8-15/h11-14H,1-10H2/t11-,12-,13-/m1/s1. The normalized spacial score (nSPS) is 41.6. The molecule has 1 N–H and O–H groups in total. The Labute approximate surface area is 98.5 Å². The Hall–Kier alpha value is -0.120. The molecule has 0 aromatic carbocycles. The van der Waals surface area contributed by atoms with Gasteiger partial charge in [0.2, 0.25) is 0 Å². The summed E-state index contributed by atoms with van der Waals surface area (Å²) in [5.74, 6) is 0.917. The zero-order valence-electron chi connectivity index (χ0n) is 10.2. The van der Waals surface area contributed by atoms with E-state index in [1.807, 2.05) is 0 Å². The van der Waals surface area contributed by atoms with Gasteiger partial charge in [0.1, 0.15) is 0 Å². The smallest absolute Gasteiger partial charge is 0.0594 e. The summed E-state index contributed by atoms with van der Waals surface area (Å²) < 4.78 is 5.47. The number of nitrogens with one attached hydrogen (secondary N) is 1. The van der Waals surface area contributed by atoms with Crippen molar-refractivity contribution in [1.29, 1.82) is 0 Å². The second kappa shape index (κ2) is 5.03. The molecule has 2 aliphatic heterocycles. The Morgan fingerprint density at radius 3 is 2.69 bits per heavy atom. The van der Waals surface area contributed by atoms with E-state index in [9.17, 15) is 0 Å². The summed E-state index contributed by atoms with van der Waals surface area (Å²) in [6.45, 7) is 5.44. The van der Waals surface area contributed by atoms with Crippen molar-refractivity contribution in [1.82, 2.24) is 10.2 Å². The number of morpholine rings is 1. The van der Waals surface area contributed by atoms with Crippen LogP contribution in [0.4, 0.5) is 0 Å². The van der Waals surface area contributed by atoms with Crippen molar-refractivity contribution in [2.45, 2.75) is 44.2 Å². The SMILES string of the molecule is C1CC[C@H]2NCC[C@@H](N3CCOCC3)[C@@H]2C1. The number of fused-ring (bicyclic) bond motifs is 1. The van der Waals surface area contributed by atoms with Crippen molar-refractivity contribution < 1.29 is 4.74 Å². The van der Waals surface area contributed by atoms with Crippen molar-refractivity contribution in [2.24, 2.45) is 5.92 Å². The molecular weight excluding hydrogens is 200 g/mol. The number of piperidine rings is 1. The van der Waals surface area contributed by atoms with Crippen LogP contribution in [0.1, 0.15) is 32.1 Å². The second-order valence-corrected chi connectivity index (χ2v) is 5.51. The van der Waals surface area contributed by atoms with Crippen LogP contribution < -0.4 is 5.32 Å². The van der Waals surface area contributed by atoms with Gasteiger partial charge in [-0.2, -0.15) is 0 Å². The Bertz CT molecular complexity index is 226. The Balaban J connectivity index is 1.67. The number of rotatable bonds is 1. The Morgan fingerprint density at radius 1 is 1.00 bits per heavy atom. The molecule has 0 amide bonds. The number of hydrogen-bond donors (Lipinski definition) is 1. The molecule has 0 spiro atoms. The molecule has 0 aromatic rings. The van der Waals surface area contributed by atoms with Gasteiger partial charge in [-0.05, 0) is 31.7 Å². The molecule has 2 heterocycles. The van der Waals surface area contributed by atoms with Crippen molar-refractivity contribution in [3.63, 3.8) is 0 Å². The minimum atomic E-state index is 0.815. The average molecular weight is 224 g/mol. The third-order valence-electron chi connectivity index (χ3n) is 4.67. The van der Waals surface area contributed by atoms with Gasteiger partial charge in [-0.15, -0.1) is 0 Å². The summed E-state index contributed by atoms with van der Waals surface area (Å²) in [7, 11) is 0. The third kappa shape index (κ3) is 2.13. The molecule has 3 heteroatoms. The van der Waals surface area contributed by atoms with E-state index in [0.29, 0.717) is 0 Å². The van der Waals surface area contributed by atoms with Gasteiger partial charge in [-0.3, -0.25) is 4.90 Å². The van der Waals surface area contributed by atoms with Crippen LogP contribution in [0.15, 0.2) is 0 Å². The van der Waals surface area contributed by atoms with E-state index in [4.69, 9.17) is 4.74 Å². The van der Waals surface area contributed by atoms with Crippen molar-refractivity contribution in [2.75, 3.05) is 32.8 Å². The van der Waals surface area contributed by atoms with Gasteiger partial charge in [0, 0.05) is 25.2 Å². The molecule has 0 unspecified atom stereocenters. The lowest BCUT2D eigenvalue weighted by molar-refractivity contribution is -0.0186. The highest BCUT2D eigenvalue weighted by molar-refractivity contribution is 4.94. The van der Waals surface area contributed by atoms with Crippen LogP contribution in [0.25, 0.3) is 0 Å². The monoisotopic (exact) mass is 224 g/mol. The van der Waals surface area contributed by atoms with E-state index in [0.717, 1.165) is 44.3 Å². The summed E-state index contributed by atoms with van der Waals surface area (Å²) in [5, 5.41) is 3.73. The minimum absolute atomic E-state index is 0.815. The molecule has 3 nitrogen and oxygen atoms in total. The summed E-state index contributed by atoms with van der Waals surface area (Å²) in [5.41, 5.74) is 0. The molecule has 92 valence electrons. The Morgan fingerprint density at radius 2 is 1.81 bits per heavy atom. The number of hydrogen-bond acceptors (Lipinski definition) is 3. The molecule has 0 radical (unpaired) electrons. The fourth-order valence-corrected chi connectivity index (χ4v) is 3.87. The molecule has 2 saturated heterocycles. The molecule has 3 rings (SSSR count). The number of nitrogens with zero attached hydrogens (tertiary/aromatic N) is 1. The van der Waals surface area contributed by atoms with Gasteiger partial charge < -0.3 is 10.1 Å². The molecule has 3 aliphatic rings. The van der Waals surface area contributed by atoms with E-state index in [-0.39, 0.29) is 0 Å². The summed E-state index contributed by atoms with van der Waals surface area (Å²) in [6.07, 6.45) is 7.08. The molecule has 3 atom stereocenters. The maximum absolute atomic E-state index is 5.47. The quantitative estimate of drug-likeness (QED) is 0.725. The first kappa shape index (κ1) is 11.0. The zero-order chi connectivity index (χ0) is 10.8. The minimum Gasteiger partial charge on any atom is -0.379 e. The lowest BCUT2D eigenvalue weighted by atomic mass is 9.76. The highest BCUT2D eigenvalue weighted by Gasteiger charge is 2.37. The van der Waals surface area contributed by atoms with Crippen LogP contribution in [-0.2, 0) is 4.74 Å². The predicted octanol–water partition coefficient (Wildman–Crippen LogP) is 1.24. The lowest BCUT2D eigenvalue weighted by Crippen LogP contribution is -2.57. The highest BCUT2D eigenvalue weighted by Crippen LogP contribution is 2.33. The van der Waals surface area contributed by atoms with Gasteiger partial charge >= 0.3 is 0 Å². The first-order chi connectivity index (χ1) is 7.95. The molecule has 1 aliphatic carbocycles. The second-order valence-electron chi connectivity index (χ2n) is 5.51. The predicted molar refractivity (Wildman–Crippen MR) is 64.5 cm³/mol. The van der Waals surface area contributed by atoms with Crippen LogP contribution in [0.5, 0.6) is 0 Å². The van der Waals surface area contributed by atoms with Crippen molar-refractivity contribution in [3.05, 3.63) is 0 Å². The maximum Gasteiger partial charge on any atom is 0.0594 e. The van der Waals surface area contributed by atoms with Gasteiger partial charge in [0.05, 0.1) is 13.2 Å². The topological polar surface area (TPSA) is 24.5 Å². The molecular formula is C13H24N2O. The van der Waals surface area contributed by atoms with Gasteiger partial charge in [-0.1, -0.05) is 12.8 Å². The lowest BCUT2D eigenvalue weighted by Gasteiger charge is -2.47. The van der Waals surface area contributed by atoms with E-state index < -0.39 is 0 Å². The molecule has 0 aromatic heterocycles. The van der Waals surface area contributed by atoms with Crippen molar-refractivity contribution >= 4 is 0 Å². The van der Waals surface area contributed by atoms with E-state index in [1.165, 1.54) is 38.6 Å². The summed E-state index contributed by atoms with van der Waals surface area (Å²) in [6, 6.07) is 1.66. The van der Waals surface area contributed by atoms with Crippen LogP contribution in [-0.4, -0.2) is 49.8 Å². The molecule has 1 saturated carbocycles. The highest BCUT2D eigenvalue weighted by atomic mass is 16.5. The molecule has 3 fully saturated rings. The fourth-order valence-electron chi connectivity index (χ4n) is 3.87. The average Bonchev–Trinajstić information content (AvgIpc) is 2.39. The molecule has 16 heavy (non-hydrogen) atoms. The van der Waals surface area contributed by atoms with Crippen LogP contribution in [0.3, 0.4) is 0 Å². The van der Waals surface area contributed by atoms with Crippen molar-refractivity contribution in [3.8, 4) is 0 Å². The first-order valence-electron chi connectivity index (χ1n) is 7.00. The third-order valence-corrected chi connectivity index (χ3v) is 4.67. The van der Waals surface area contributed by atoms with Gasteiger partial charge in [-0.25, -0.2) is 0 Å². The Kier molecular flexibility index (Phi) is 3.46. The van der Waals surface area contributed by atoms with Crippen LogP contribution in [0, 0.1) is 5.92 Å². The summed E-state index contributed by atoms with van der Waals surface area (Å²) >= 11 is 0. The van der Waals surface area contributed by atoms with E-state index >= 15 is 0 Å². The largest absolute Gasteiger partial charge is 0.379 e. The first-order valence-corrected chi connectivity index (χ1v) is 7.00. The number of ether oxygens (including phenoxy) is 1. The maximum atomic E-state index is 5.47. The van der Waals surface area contributed by atoms with Gasteiger partial charge in [0.15, 0.2) is 0 Å². The fraction of sp³-hybridized carbons (Fsp3) is 1.00. The molecule has 0 bridgehead atoms.